The molecule has 31 heavy (non-hydrogen) atoms. The molecular formula is C21H24N2O7S. The third-order valence-corrected chi connectivity index (χ3v) is 6.94. The van der Waals surface area contributed by atoms with Crippen LogP contribution in [0.2, 0.25) is 0 Å². The SMILES string of the molecule is COC(=O)[C@H](NC(=O)c1cccc(S(=O)(=O)N2CCCC2)c1)c1ccc(OC)c(O)c1. The Morgan fingerprint density at radius 1 is 1.10 bits per heavy atom. The van der Waals surface area contributed by atoms with Crippen LogP contribution in [-0.2, 0) is 19.6 Å². The molecule has 0 bridgehead atoms. The van der Waals surface area contributed by atoms with Gasteiger partial charge in [0.2, 0.25) is 10.0 Å². The lowest BCUT2D eigenvalue weighted by molar-refractivity contribution is -0.143. The average molecular weight is 448 g/mol. The van der Waals surface area contributed by atoms with Crippen molar-refractivity contribution in [1.29, 1.82) is 0 Å². The molecule has 1 saturated heterocycles. The van der Waals surface area contributed by atoms with Gasteiger partial charge in [-0.25, -0.2) is 13.2 Å². The topological polar surface area (TPSA) is 122 Å². The highest BCUT2D eigenvalue weighted by atomic mass is 32.2. The number of methoxy groups -OCH3 is 2. The fourth-order valence-corrected chi connectivity index (χ4v) is 4.94. The number of aromatic hydroxyl groups is 1. The van der Waals surface area contributed by atoms with E-state index in [0.29, 0.717) is 13.1 Å². The van der Waals surface area contributed by atoms with E-state index in [9.17, 15) is 23.1 Å². The molecule has 2 N–H and O–H groups in total. The lowest BCUT2D eigenvalue weighted by Crippen LogP contribution is -2.34. The van der Waals surface area contributed by atoms with Crippen LogP contribution in [0.4, 0.5) is 0 Å². The van der Waals surface area contributed by atoms with Gasteiger partial charge in [0.1, 0.15) is 0 Å². The summed E-state index contributed by atoms with van der Waals surface area (Å²) in [5, 5.41) is 12.6. The van der Waals surface area contributed by atoms with Crippen LogP contribution in [-0.4, -0.2) is 57.0 Å². The van der Waals surface area contributed by atoms with Gasteiger partial charge >= 0.3 is 5.97 Å². The number of hydrogen-bond acceptors (Lipinski definition) is 7. The molecule has 0 spiro atoms. The third kappa shape index (κ3) is 4.80. The molecular weight excluding hydrogens is 424 g/mol. The number of phenols is 1. The molecule has 0 unspecified atom stereocenters. The number of benzene rings is 2. The Hall–Kier alpha value is -3.11. The minimum atomic E-state index is -3.69. The van der Waals surface area contributed by atoms with Gasteiger partial charge in [0.15, 0.2) is 17.5 Å². The summed E-state index contributed by atoms with van der Waals surface area (Å²) in [4.78, 5) is 25.1. The maximum atomic E-state index is 12.8. The van der Waals surface area contributed by atoms with Gasteiger partial charge in [-0.3, -0.25) is 4.79 Å². The summed E-state index contributed by atoms with van der Waals surface area (Å²) < 4.78 is 36.7. The van der Waals surface area contributed by atoms with Gasteiger partial charge in [0, 0.05) is 18.7 Å². The van der Waals surface area contributed by atoms with Crippen LogP contribution in [0.25, 0.3) is 0 Å². The first-order valence-electron chi connectivity index (χ1n) is 9.63. The normalized spacial score (nSPS) is 15.3. The molecule has 1 fully saturated rings. The smallest absolute Gasteiger partial charge is 0.333 e. The lowest BCUT2D eigenvalue weighted by atomic mass is 10.1. The average Bonchev–Trinajstić information content (AvgIpc) is 3.32. The summed E-state index contributed by atoms with van der Waals surface area (Å²) in [6.45, 7) is 0.897. The van der Waals surface area contributed by atoms with Gasteiger partial charge in [-0.2, -0.15) is 4.31 Å². The van der Waals surface area contributed by atoms with Crippen LogP contribution in [0.1, 0.15) is 34.8 Å². The first kappa shape index (κ1) is 22.6. The van der Waals surface area contributed by atoms with E-state index in [0.717, 1.165) is 12.8 Å². The Bertz CT molecular complexity index is 1080. The van der Waals surface area contributed by atoms with E-state index in [4.69, 9.17) is 9.47 Å². The number of nitrogens with one attached hydrogen (secondary N) is 1. The van der Waals surface area contributed by atoms with Crippen molar-refractivity contribution in [2.24, 2.45) is 0 Å². The Morgan fingerprint density at radius 2 is 1.81 bits per heavy atom. The van der Waals surface area contributed by atoms with Gasteiger partial charge in [0.25, 0.3) is 5.91 Å². The molecule has 166 valence electrons. The standard InChI is InChI=1S/C21H24N2O7S/c1-29-18-9-8-14(13-17(18)24)19(21(26)30-2)22-20(25)15-6-5-7-16(12-15)31(27,28)23-10-3-4-11-23/h5-9,12-13,19,24H,3-4,10-11H2,1-2H3,(H,22,25)/t19-/m1/s1. The van der Waals surface area contributed by atoms with Crippen molar-refractivity contribution in [3.63, 3.8) is 0 Å². The molecule has 1 amide bonds. The number of phenolic OH excluding ortho intramolecular Hbond substituents is 1. The minimum Gasteiger partial charge on any atom is -0.504 e. The van der Waals surface area contributed by atoms with E-state index in [1.807, 2.05) is 0 Å². The van der Waals surface area contributed by atoms with Crippen LogP contribution in [0.15, 0.2) is 47.4 Å². The molecule has 3 rings (SSSR count). The largest absolute Gasteiger partial charge is 0.504 e. The number of rotatable bonds is 7. The Kier molecular flexibility index (Phi) is 6.81. The number of carbonyl (C=O) groups is 2. The van der Waals surface area contributed by atoms with E-state index >= 15 is 0 Å². The molecule has 1 heterocycles. The fraction of sp³-hybridized carbons (Fsp3) is 0.333. The van der Waals surface area contributed by atoms with Crippen molar-refractivity contribution in [2.45, 2.75) is 23.8 Å². The van der Waals surface area contributed by atoms with Crippen molar-refractivity contribution in [1.82, 2.24) is 9.62 Å². The quantitative estimate of drug-likeness (QED) is 0.620. The Morgan fingerprint density at radius 3 is 2.42 bits per heavy atom. The van der Waals surface area contributed by atoms with E-state index in [2.05, 4.69) is 5.32 Å². The fourth-order valence-electron chi connectivity index (χ4n) is 3.37. The molecule has 1 aliphatic heterocycles. The first-order chi connectivity index (χ1) is 14.8. The van der Waals surface area contributed by atoms with Gasteiger partial charge < -0.3 is 19.9 Å². The molecule has 0 saturated carbocycles. The number of esters is 1. The number of amides is 1. The lowest BCUT2D eigenvalue weighted by Gasteiger charge is -2.19. The molecule has 1 aliphatic rings. The van der Waals surface area contributed by atoms with Crippen molar-refractivity contribution in [3.05, 3.63) is 53.6 Å². The Labute approximate surface area is 180 Å². The van der Waals surface area contributed by atoms with Crippen molar-refractivity contribution in [2.75, 3.05) is 27.3 Å². The van der Waals surface area contributed by atoms with Crippen LogP contribution in [0, 0.1) is 0 Å². The monoisotopic (exact) mass is 448 g/mol. The van der Waals surface area contributed by atoms with Crippen molar-refractivity contribution < 1.29 is 32.6 Å². The molecule has 10 heteroatoms. The Balaban J connectivity index is 1.87. The second kappa shape index (κ2) is 9.36. The van der Waals surface area contributed by atoms with E-state index in [-0.39, 0.29) is 27.5 Å². The molecule has 0 aromatic heterocycles. The highest BCUT2D eigenvalue weighted by Gasteiger charge is 2.29. The minimum absolute atomic E-state index is 0.0127. The van der Waals surface area contributed by atoms with Crippen LogP contribution in [0.3, 0.4) is 0 Å². The van der Waals surface area contributed by atoms with Gasteiger partial charge in [-0.1, -0.05) is 12.1 Å². The van der Waals surface area contributed by atoms with Crippen molar-refractivity contribution >= 4 is 21.9 Å². The van der Waals surface area contributed by atoms with Gasteiger partial charge in [-0.15, -0.1) is 0 Å². The summed E-state index contributed by atoms with van der Waals surface area (Å²) in [5.41, 5.74) is 0.353. The maximum Gasteiger partial charge on any atom is 0.333 e. The second-order valence-corrected chi connectivity index (χ2v) is 8.94. The predicted molar refractivity (Wildman–Crippen MR) is 111 cm³/mol. The molecule has 2 aromatic rings. The number of sulfonamides is 1. The summed E-state index contributed by atoms with van der Waals surface area (Å²) in [6, 6.07) is 8.68. The first-order valence-corrected chi connectivity index (χ1v) is 11.1. The molecule has 2 aromatic carbocycles. The zero-order valence-corrected chi connectivity index (χ0v) is 18.0. The van der Waals surface area contributed by atoms with Gasteiger partial charge in [-0.05, 0) is 48.7 Å². The van der Waals surface area contributed by atoms with Crippen LogP contribution in [0.5, 0.6) is 11.5 Å². The third-order valence-electron chi connectivity index (χ3n) is 5.05. The molecule has 9 nitrogen and oxygen atoms in total. The zero-order valence-electron chi connectivity index (χ0n) is 17.2. The van der Waals surface area contributed by atoms with E-state index in [1.165, 1.54) is 61.0 Å². The molecule has 0 radical (unpaired) electrons. The van der Waals surface area contributed by atoms with Crippen molar-refractivity contribution in [3.8, 4) is 11.5 Å². The second-order valence-electron chi connectivity index (χ2n) is 7.00. The van der Waals surface area contributed by atoms with Gasteiger partial charge in [0.05, 0.1) is 19.1 Å². The van der Waals surface area contributed by atoms with E-state index < -0.39 is 27.9 Å². The number of hydrogen-bond donors (Lipinski definition) is 2. The number of ether oxygens (including phenoxy) is 2. The summed E-state index contributed by atoms with van der Waals surface area (Å²) in [5.74, 6) is -1.41. The summed E-state index contributed by atoms with van der Waals surface area (Å²) >= 11 is 0. The number of nitrogens with zero attached hydrogens (tertiary/aromatic N) is 1. The highest BCUT2D eigenvalue weighted by molar-refractivity contribution is 7.89. The predicted octanol–water partition coefficient (Wildman–Crippen LogP) is 1.83. The number of carbonyl (C=O) groups excluding carboxylic acids is 2. The van der Waals surface area contributed by atoms with E-state index in [1.54, 1.807) is 0 Å². The van der Waals surface area contributed by atoms with Crippen LogP contribution >= 0.6 is 0 Å². The molecule has 0 aliphatic carbocycles. The summed E-state index contributed by atoms with van der Waals surface area (Å²) in [6.07, 6.45) is 1.60. The van der Waals surface area contributed by atoms with Crippen LogP contribution < -0.4 is 10.1 Å². The highest BCUT2D eigenvalue weighted by Crippen LogP contribution is 2.29. The zero-order chi connectivity index (χ0) is 22.6. The molecule has 1 atom stereocenters. The summed E-state index contributed by atoms with van der Waals surface area (Å²) in [7, 11) is -1.13. The maximum absolute atomic E-state index is 12.8.